The van der Waals surface area contributed by atoms with Crippen molar-refractivity contribution in [2.45, 2.75) is 89.6 Å². The van der Waals surface area contributed by atoms with Gasteiger partial charge in [-0.15, -0.1) is 0 Å². The van der Waals surface area contributed by atoms with Gasteiger partial charge in [0.05, 0.1) is 11.9 Å². The molecule has 0 aliphatic heterocycles. The van der Waals surface area contributed by atoms with Crippen LogP contribution in [0.2, 0.25) is 0 Å². The Morgan fingerprint density at radius 1 is 0.963 bits per heavy atom. The lowest BCUT2D eigenvalue weighted by atomic mass is 9.43. The average molecular weight is 371 g/mol. The Kier molecular flexibility index (Phi) is 3.96. The maximum atomic E-state index is 12.2. The molecule has 27 heavy (non-hydrogen) atoms. The van der Waals surface area contributed by atoms with Crippen LogP contribution in [-0.2, 0) is 0 Å². The van der Waals surface area contributed by atoms with Gasteiger partial charge in [-0.25, -0.2) is 4.79 Å². The second-order valence-corrected chi connectivity index (χ2v) is 10.6. The van der Waals surface area contributed by atoms with Crippen LogP contribution in [0.15, 0.2) is 27.6 Å². The first kappa shape index (κ1) is 18.0. The lowest BCUT2D eigenvalue weighted by molar-refractivity contribution is -0.200. The Labute approximate surface area is 162 Å². The first-order valence-electron chi connectivity index (χ1n) is 11.2. The molecule has 1 aromatic heterocycles. The fourth-order valence-corrected chi connectivity index (χ4v) is 8.36. The summed E-state index contributed by atoms with van der Waals surface area (Å²) < 4.78 is 5.18. The molecule has 0 amide bonds. The van der Waals surface area contributed by atoms with E-state index in [4.69, 9.17) is 4.42 Å². The van der Waals surface area contributed by atoms with E-state index in [9.17, 15) is 9.90 Å². The first-order chi connectivity index (χ1) is 12.9. The number of aliphatic hydroxyl groups is 1. The van der Waals surface area contributed by atoms with E-state index in [1.54, 1.807) is 6.26 Å². The summed E-state index contributed by atoms with van der Waals surface area (Å²) in [5, 5.41) is 12.2. The summed E-state index contributed by atoms with van der Waals surface area (Å²) >= 11 is 0. The Morgan fingerprint density at radius 2 is 1.81 bits per heavy atom. The molecule has 0 spiro atoms. The van der Waals surface area contributed by atoms with Gasteiger partial charge >= 0.3 is 5.63 Å². The van der Waals surface area contributed by atoms with Gasteiger partial charge in [-0.3, -0.25) is 0 Å². The van der Waals surface area contributed by atoms with E-state index in [-0.39, 0.29) is 11.0 Å². The second-order valence-electron chi connectivity index (χ2n) is 10.6. The van der Waals surface area contributed by atoms with Gasteiger partial charge in [0.25, 0.3) is 0 Å². The van der Waals surface area contributed by atoms with Crippen molar-refractivity contribution >= 4 is 0 Å². The van der Waals surface area contributed by atoms with Crippen LogP contribution in [0.4, 0.5) is 0 Å². The van der Waals surface area contributed by atoms with E-state index in [1.807, 2.05) is 6.07 Å². The predicted molar refractivity (Wildman–Crippen MR) is 106 cm³/mol. The van der Waals surface area contributed by atoms with Gasteiger partial charge in [-0.2, -0.15) is 0 Å². The third-order valence-corrected chi connectivity index (χ3v) is 9.90. The van der Waals surface area contributed by atoms with Crippen LogP contribution >= 0.6 is 0 Å². The highest BCUT2D eigenvalue weighted by molar-refractivity contribution is 5.26. The molecule has 1 heterocycles. The monoisotopic (exact) mass is 370 g/mol. The summed E-state index contributed by atoms with van der Waals surface area (Å²) in [6.07, 6.45) is 13.9. The Bertz CT molecular complexity index is 764. The standard InChI is InChI=1S/C24H34O3/c1-22-12-4-3-5-17(22)7-8-20-19(22)10-13-23(2)18(11-14-24(20,23)26)16-6-9-21(25)27-15-16/h6,9,15,17-20,26H,3-5,7-8,10-14H2,1-2H3/t17-,18+,19?,20+,22-,23+,24-/m0/s1. The second kappa shape index (κ2) is 5.95. The van der Waals surface area contributed by atoms with Gasteiger partial charge in [0.15, 0.2) is 0 Å². The van der Waals surface area contributed by atoms with E-state index in [2.05, 4.69) is 13.8 Å². The third-order valence-electron chi connectivity index (χ3n) is 9.90. The number of rotatable bonds is 1. The van der Waals surface area contributed by atoms with Gasteiger partial charge in [0.2, 0.25) is 0 Å². The molecule has 4 saturated carbocycles. The van der Waals surface area contributed by atoms with Gasteiger partial charge in [0.1, 0.15) is 0 Å². The van der Waals surface area contributed by atoms with Gasteiger partial charge in [-0.1, -0.05) is 26.7 Å². The Balaban J connectivity index is 1.50. The van der Waals surface area contributed by atoms with Crippen LogP contribution < -0.4 is 5.63 Å². The fraction of sp³-hybridized carbons (Fsp3) is 0.792. The summed E-state index contributed by atoms with van der Waals surface area (Å²) in [7, 11) is 0. The molecule has 0 aromatic carbocycles. The third kappa shape index (κ3) is 2.33. The number of hydrogen-bond acceptors (Lipinski definition) is 3. The molecule has 1 N–H and O–H groups in total. The molecule has 3 nitrogen and oxygen atoms in total. The zero-order valence-corrected chi connectivity index (χ0v) is 16.9. The predicted octanol–water partition coefficient (Wildman–Crippen LogP) is 5.27. The molecular formula is C24H34O3. The Morgan fingerprint density at radius 3 is 2.59 bits per heavy atom. The lowest BCUT2D eigenvalue weighted by Crippen LogP contribution is -2.61. The van der Waals surface area contributed by atoms with Crippen LogP contribution in [0.3, 0.4) is 0 Å². The zero-order chi connectivity index (χ0) is 18.9. The van der Waals surface area contributed by atoms with E-state index in [0.717, 1.165) is 30.7 Å². The normalized spacial score (nSPS) is 49.1. The molecule has 7 atom stereocenters. The smallest absolute Gasteiger partial charge is 0.335 e. The van der Waals surface area contributed by atoms with Crippen molar-refractivity contribution in [1.82, 2.24) is 0 Å². The highest BCUT2D eigenvalue weighted by atomic mass is 16.4. The maximum Gasteiger partial charge on any atom is 0.335 e. The summed E-state index contributed by atoms with van der Waals surface area (Å²) in [5.41, 5.74) is 0.581. The van der Waals surface area contributed by atoms with E-state index in [0.29, 0.717) is 23.2 Å². The molecule has 0 bridgehead atoms. The minimum Gasteiger partial charge on any atom is -0.431 e. The van der Waals surface area contributed by atoms with Crippen molar-refractivity contribution in [1.29, 1.82) is 0 Å². The lowest BCUT2D eigenvalue weighted by Gasteiger charge is -2.63. The molecule has 1 unspecified atom stereocenters. The molecule has 0 saturated heterocycles. The highest BCUT2D eigenvalue weighted by Crippen LogP contribution is 2.70. The molecule has 1 aromatic rings. The van der Waals surface area contributed by atoms with Crippen molar-refractivity contribution in [2.75, 3.05) is 0 Å². The molecule has 4 aliphatic rings. The van der Waals surface area contributed by atoms with Crippen molar-refractivity contribution in [3.05, 3.63) is 34.4 Å². The van der Waals surface area contributed by atoms with Crippen LogP contribution in [0.5, 0.6) is 0 Å². The van der Waals surface area contributed by atoms with Crippen LogP contribution in [0.25, 0.3) is 0 Å². The van der Waals surface area contributed by atoms with Crippen molar-refractivity contribution in [3.8, 4) is 0 Å². The minimum absolute atomic E-state index is 0.105. The molecule has 5 rings (SSSR count). The summed E-state index contributed by atoms with van der Waals surface area (Å²) in [4.78, 5) is 11.4. The fourth-order valence-electron chi connectivity index (χ4n) is 8.36. The number of fused-ring (bicyclic) bond motifs is 5. The summed E-state index contributed by atoms with van der Waals surface area (Å²) in [5.74, 6) is 2.30. The summed E-state index contributed by atoms with van der Waals surface area (Å²) in [6, 6.07) is 3.47. The van der Waals surface area contributed by atoms with E-state index < -0.39 is 5.60 Å². The molecule has 148 valence electrons. The summed E-state index contributed by atoms with van der Waals surface area (Å²) in [6.45, 7) is 4.87. The first-order valence-corrected chi connectivity index (χ1v) is 11.2. The molecule has 4 aliphatic carbocycles. The van der Waals surface area contributed by atoms with Crippen molar-refractivity contribution in [2.24, 2.45) is 28.6 Å². The molecular weight excluding hydrogens is 336 g/mol. The zero-order valence-electron chi connectivity index (χ0n) is 16.9. The van der Waals surface area contributed by atoms with Crippen LogP contribution in [0, 0.1) is 28.6 Å². The highest BCUT2D eigenvalue weighted by Gasteiger charge is 2.67. The topological polar surface area (TPSA) is 50.4 Å². The maximum absolute atomic E-state index is 12.2. The quantitative estimate of drug-likeness (QED) is 0.732. The van der Waals surface area contributed by atoms with E-state index in [1.165, 1.54) is 51.0 Å². The van der Waals surface area contributed by atoms with Crippen LogP contribution in [-0.4, -0.2) is 10.7 Å². The SMILES string of the molecule is C[C@]12CCCC[C@H]1CC[C@@H]1C2CC[C@]2(C)[C@@H](c3ccc(=O)oc3)CC[C@]12O. The largest absolute Gasteiger partial charge is 0.431 e. The average Bonchev–Trinajstić information content (AvgIpc) is 2.94. The Hall–Kier alpha value is -1.09. The van der Waals surface area contributed by atoms with E-state index >= 15 is 0 Å². The van der Waals surface area contributed by atoms with Gasteiger partial charge in [0, 0.05) is 11.5 Å². The van der Waals surface area contributed by atoms with Gasteiger partial charge in [-0.05, 0) is 92.1 Å². The minimum atomic E-state index is -0.567. The van der Waals surface area contributed by atoms with Crippen LogP contribution in [0.1, 0.15) is 89.5 Å². The number of hydrogen-bond donors (Lipinski definition) is 1. The molecule has 3 heteroatoms. The molecule has 4 fully saturated rings. The van der Waals surface area contributed by atoms with Gasteiger partial charge < -0.3 is 9.52 Å². The van der Waals surface area contributed by atoms with Crippen molar-refractivity contribution < 1.29 is 9.52 Å². The molecule has 0 radical (unpaired) electrons. The van der Waals surface area contributed by atoms with Crippen molar-refractivity contribution in [3.63, 3.8) is 0 Å².